The lowest BCUT2D eigenvalue weighted by molar-refractivity contribution is 0.414. The molecule has 1 aromatic rings. The van der Waals surface area contributed by atoms with Gasteiger partial charge in [-0.05, 0) is 30.7 Å². The molecule has 86 valence electrons. The number of nitriles is 1. The minimum atomic E-state index is 0.0318. The Labute approximate surface area is 105 Å². The van der Waals surface area contributed by atoms with Crippen LogP contribution in [0.1, 0.15) is 12.5 Å². The second-order valence-corrected chi connectivity index (χ2v) is 4.47. The van der Waals surface area contributed by atoms with Crippen LogP contribution in [0.15, 0.2) is 22.7 Å². The van der Waals surface area contributed by atoms with Gasteiger partial charge in [-0.2, -0.15) is 5.26 Å². The Morgan fingerprint density at radius 1 is 1.56 bits per heavy atom. The average molecular weight is 283 g/mol. The van der Waals surface area contributed by atoms with Crippen molar-refractivity contribution in [3.8, 4) is 11.8 Å². The van der Waals surface area contributed by atoms with E-state index in [4.69, 9.17) is 10.00 Å². The molecule has 1 rings (SSSR count). The molecule has 0 bridgehead atoms. The van der Waals surface area contributed by atoms with Gasteiger partial charge in [-0.3, -0.25) is 0 Å². The molecule has 1 aromatic carbocycles. The Bertz CT molecular complexity index is 387. The summed E-state index contributed by atoms with van der Waals surface area (Å²) in [5.41, 5.74) is 1.13. The van der Waals surface area contributed by atoms with E-state index < -0.39 is 0 Å². The topological polar surface area (TPSA) is 45.0 Å². The molecule has 1 N–H and O–H groups in total. The van der Waals surface area contributed by atoms with Crippen LogP contribution >= 0.6 is 15.9 Å². The van der Waals surface area contributed by atoms with Crippen LogP contribution in [0, 0.1) is 17.2 Å². The number of halogens is 1. The molecule has 0 aliphatic carbocycles. The highest BCUT2D eigenvalue weighted by Gasteiger charge is 2.03. The Hall–Kier alpha value is -1.05. The van der Waals surface area contributed by atoms with E-state index in [0.717, 1.165) is 22.3 Å². The van der Waals surface area contributed by atoms with Crippen molar-refractivity contribution in [3.63, 3.8) is 0 Å². The summed E-state index contributed by atoms with van der Waals surface area (Å²) in [6, 6.07) is 8.04. The summed E-state index contributed by atoms with van der Waals surface area (Å²) >= 11 is 3.48. The van der Waals surface area contributed by atoms with Crippen LogP contribution in [0.25, 0.3) is 0 Å². The molecule has 0 fully saturated rings. The maximum atomic E-state index is 8.65. The van der Waals surface area contributed by atoms with Crippen molar-refractivity contribution in [2.24, 2.45) is 5.92 Å². The van der Waals surface area contributed by atoms with Crippen molar-refractivity contribution in [3.05, 3.63) is 28.2 Å². The van der Waals surface area contributed by atoms with Crippen LogP contribution in [0.5, 0.6) is 5.75 Å². The monoisotopic (exact) mass is 282 g/mol. The molecule has 1 atom stereocenters. The third-order valence-electron chi connectivity index (χ3n) is 2.24. The normalized spacial score (nSPS) is 11.9. The van der Waals surface area contributed by atoms with E-state index in [9.17, 15) is 0 Å². The SMILES string of the molecule is COc1ccc(Br)c(CNCC(C)C#N)c1. The molecule has 3 nitrogen and oxygen atoms in total. The van der Waals surface area contributed by atoms with Gasteiger partial charge in [-0.15, -0.1) is 0 Å². The Morgan fingerprint density at radius 2 is 2.31 bits per heavy atom. The molecule has 0 aromatic heterocycles. The Kier molecular flexibility index (Phi) is 5.30. The number of hydrogen-bond acceptors (Lipinski definition) is 3. The fourth-order valence-electron chi connectivity index (χ4n) is 1.28. The first kappa shape index (κ1) is 13.0. The van der Waals surface area contributed by atoms with Gasteiger partial charge in [0.1, 0.15) is 5.75 Å². The highest BCUT2D eigenvalue weighted by atomic mass is 79.9. The standard InChI is InChI=1S/C12H15BrN2O/c1-9(6-14)7-15-8-10-5-11(16-2)3-4-12(10)13/h3-5,9,15H,7-8H2,1-2H3. The predicted molar refractivity (Wildman–Crippen MR) is 67.2 cm³/mol. The molecular weight excluding hydrogens is 268 g/mol. The van der Waals surface area contributed by atoms with Gasteiger partial charge in [0, 0.05) is 17.6 Å². The first-order chi connectivity index (χ1) is 7.67. The molecule has 0 aliphatic rings. The molecule has 0 heterocycles. The third kappa shape index (κ3) is 3.84. The molecule has 1 unspecified atom stereocenters. The van der Waals surface area contributed by atoms with Gasteiger partial charge in [0.2, 0.25) is 0 Å². The van der Waals surface area contributed by atoms with Crippen molar-refractivity contribution >= 4 is 15.9 Å². The first-order valence-electron chi connectivity index (χ1n) is 5.10. The fourth-order valence-corrected chi connectivity index (χ4v) is 1.67. The zero-order chi connectivity index (χ0) is 12.0. The van der Waals surface area contributed by atoms with Crippen LogP contribution in [0.3, 0.4) is 0 Å². The third-order valence-corrected chi connectivity index (χ3v) is 3.01. The van der Waals surface area contributed by atoms with E-state index in [-0.39, 0.29) is 5.92 Å². The predicted octanol–water partition coefficient (Wildman–Crippen LogP) is 2.71. The van der Waals surface area contributed by atoms with Gasteiger partial charge in [0.25, 0.3) is 0 Å². The van der Waals surface area contributed by atoms with Gasteiger partial charge >= 0.3 is 0 Å². The lowest BCUT2D eigenvalue weighted by atomic mass is 10.2. The van der Waals surface area contributed by atoms with Gasteiger partial charge in [0.05, 0.1) is 19.1 Å². The maximum Gasteiger partial charge on any atom is 0.119 e. The van der Waals surface area contributed by atoms with Crippen LogP contribution in [0.2, 0.25) is 0 Å². The summed E-state index contributed by atoms with van der Waals surface area (Å²) in [7, 11) is 1.65. The van der Waals surface area contributed by atoms with Crippen molar-refractivity contribution in [1.82, 2.24) is 5.32 Å². The number of benzene rings is 1. The first-order valence-corrected chi connectivity index (χ1v) is 5.89. The summed E-state index contributed by atoms with van der Waals surface area (Å²) in [5.74, 6) is 0.873. The molecule has 0 spiro atoms. The molecule has 0 amide bonds. The molecule has 0 saturated carbocycles. The van der Waals surface area contributed by atoms with Crippen molar-refractivity contribution in [2.75, 3.05) is 13.7 Å². The molecule has 0 aliphatic heterocycles. The van der Waals surface area contributed by atoms with Crippen LogP contribution in [-0.2, 0) is 6.54 Å². The molecule has 4 heteroatoms. The van der Waals surface area contributed by atoms with E-state index in [2.05, 4.69) is 27.3 Å². The smallest absolute Gasteiger partial charge is 0.119 e. The highest BCUT2D eigenvalue weighted by molar-refractivity contribution is 9.10. The van der Waals surface area contributed by atoms with Gasteiger partial charge < -0.3 is 10.1 Å². The van der Waals surface area contributed by atoms with E-state index >= 15 is 0 Å². The van der Waals surface area contributed by atoms with Gasteiger partial charge in [0.15, 0.2) is 0 Å². The average Bonchev–Trinajstić information content (AvgIpc) is 2.31. The number of rotatable bonds is 5. The largest absolute Gasteiger partial charge is 0.497 e. The minimum Gasteiger partial charge on any atom is -0.497 e. The number of nitrogens with one attached hydrogen (secondary N) is 1. The molecular formula is C12H15BrN2O. The van der Waals surface area contributed by atoms with Crippen molar-refractivity contribution < 1.29 is 4.74 Å². The highest BCUT2D eigenvalue weighted by Crippen LogP contribution is 2.22. The van der Waals surface area contributed by atoms with E-state index in [1.54, 1.807) is 7.11 Å². The van der Waals surface area contributed by atoms with Crippen molar-refractivity contribution in [2.45, 2.75) is 13.5 Å². The maximum absolute atomic E-state index is 8.65. The van der Waals surface area contributed by atoms with Crippen LogP contribution < -0.4 is 10.1 Å². The number of hydrogen-bond donors (Lipinski definition) is 1. The van der Waals surface area contributed by atoms with Gasteiger partial charge in [-0.1, -0.05) is 15.9 Å². The lowest BCUT2D eigenvalue weighted by Gasteiger charge is -2.09. The van der Waals surface area contributed by atoms with Crippen LogP contribution in [0.4, 0.5) is 0 Å². The second-order valence-electron chi connectivity index (χ2n) is 3.62. The quantitative estimate of drug-likeness (QED) is 0.903. The Morgan fingerprint density at radius 3 is 2.94 bits per heavy atom. The summed E-state index contributed by atoms with van der Waals surface area (Å²) in [4.78, 5) is 0. The summed E-state index contributed by atoms with van der Waals surface area (Å²) in [6.07, 6.45) is 0. The molecule has 0 saturated heterocycles. The van der Waals surface area contributed by atoms with Gasteiger partial charge in [-0.25, -0.2) is 0 Å². The van der Waals surface area contributed by atoms with E-state index in [1.807, 2.05) is 25.1 Å². The summed E-state index contributed by atoms with van der Waals surface area (Å²) in [6.45, 7) is 3.32. The summed E-state index contributed by atoms with van der Waals surface area (Å²) in [5, 5.41) is 11.9. The number of ether oxygens (including phenoxy) is 1. The Balaban J connectivity index is 2.56. The van der Waals surface area contributed by atoms with Crippen molar-refractivity contribution in [1.29, 1.82) is 5.26 Å². The lowest BCUT2D eigenvalue weighted by Crippen LogP contribution is -2.20. The molecule has 0 radical (unpaired) electrons. The van der Waals surface area contributed by atoms with E-state index in [1.165, 1.54) is 0 Å². The zero-order valence-corrected chi connectivity index (χ0v) is 11.0. The second kappa shape index (κ2) is 6.51. The fraction of sp³-hybridized carbons (Fsp3) is 0.417. The van der Waals surface area contributed by atoms with Crippen LogP contribution in [-0.4, -0.2) is 13.7 Å². The van der Waals surface area contributed by atoms with E-state index in [0.29, 0.717) is 6.54 Å². The summed E-state index contributed by atoms with van der Waals surface area (Å²) < 4.78 is 6.20. The minimum absolute atomic E-state index is 0.0318. The number of methoxy groups -OCH3 is 1. The zero-order valence-electron chi connectivity index (χ0n) is 9.46. The number of nitrogens with zero attached hydrogens (tertiary/aromatic N) is 1. The molecule has 16 heavy (non-hydrogen) atoms.